The fourth-order valence-corrected chi connectivity index (χ4v) is 5.49. The summed E-state index contributed by atoms with van der Waals surface area (Å²) in [6.45, 7) is 1.27. The molecule has 30 heavy (non-hydrogen) atoms. The number of rotatable bonds is 5. The molecule has 0 atom stereocenters. The first-order chi connectivity index (χ1) is 14.2. The van der Waals surface area contributed by atoms with Crippen LogP contribution in [0.15, 0.2) is 18.6 Å². The van der Waals surface area contributed by atoms with Crippen LogP contribution in [-0.4, -0.2) is 57.9 Å². The molecule has 0 radical (unpaired) electrons. The summed E-state index contributed by atoms with van der Waals surface area (Å²) in [4.78, 5) is 8.78. The van der Waals surface area contributed by atoms with Gasteiger partial charge >= 0.3 is 0 Å². The Morgan fingerprint density at radius 3 is 2.47 bits per heavy atom. The van der Waals surface area contributed by atoms with Crippen LogP contribution in [0.5, 0.6) is 0 Å². The summed E-state index contributed by atoms with van der Waals surface area (Å²) in [5.41, 5.74) is 1.08. The molecule has 2 aliphatic rings. The molecule has 1 saturated carbocycles. The number of piperidine rings is 1. The monoisotopic (exact) mass is 453 g/mol. The molecule has 0 amide bonds. The van der Waals surface area contributed by atoms with Crippen molar-refractivity contribution in [1.29, 1.82) is 0 Å². The van der Waals surface area contributed by atoms with Gasteiger partial charge in [-0.1, -0.05) is 11.6 Å². The van der Waals surface area contributed by atoms with Crippen molar-refractivity contribution in [2.45, 2.75) is 44.6 Å². The molecule has 1 aliphatic carbocycles. The molecular weight excluding hydrogens is 426 g/mol. The number of aromatic nitrogens is 4. The third-order valence-electron chi connectivity index (χ3n) is 6.34. The highest BCUT2D eigenvalue weighted by atomic mass is 35.5. The van der Waals surface area contributed by atoms with Crippen molar-refractivity contribution in [3.63, 3.8) is 0 Å². The zero-order chi connectivity index (χ0) is 21.4. The molecule has 0 unspecified atom stereocenters. The molecule has 2 fully saturated rings. The van der Waals surface area contributed by atoms with Crippen LogP contribution in [0.2, 0.25) is 5.02 Å². The van der Waals surface area contributed by atoms with Crippen molar-refractivity contribution in [2.24, 2.45) is 12.5 Å². The molecule has 9 nitrogen and oxygen atoms in total. The number of nitrogens with one attached hydrogen (secondary N) is 2. The molecule has 1 spiro atoms. The highest BCUT2D eigenvalue weighted by molar-refractivity contribution is 7.88. The van der Waals surface area contributed by atoms with E-state index in [-0.39, 0.29) is 5.41 Å². The molecule has 11 heteroatoms. The zero-order valence-electron chi connectivity index (χ0n) is 17.3. The molecule has 0 aromatic carbocycles. The molecule has 2 aromatic rings. The van der Waals surface area contributed by atoms with E-state index < -0.39 is 10.0 Å². The van der Waals surface area contributed by atoms with Crippen LogP contribution in [0.3, 0.4) is 0 Å². The molecule has 164 valence electrons. The highest BCUT2D eigenvalue weighted by Crippen LogP contribution is 2.45. The van der Waals surface area contributed by atoms with Crippen LogP contribution in [-0.2, 0) is 17.1 Å². The zero-order valence-corrected chi connectivity index (χ0v) is 18.9. The second kappa shape index (κ2) is 8.32. The lowest BCUT2D eigenvalue weighted by atomic mass is 9.67. The van der Waals surface area contributed by atoms with Crippen molar-refractivity contribution in [3.8, 4) is 0 Å². The van der Waals surface area contributed by atoms with Gasteiger partial charge in [-0.05, 0) is 43.9 Å². The van der Waals surface area contributed by atoms with Gasteiger partial charge in [0.25, 0.3) is 0 Å². The summed E-state index contributed by atoms with van der Waals surface area (Å²) in [6, 6.07) is 0.294. The smallest absolute Gasteiger partial charge is 0.229 e. The first-order valence-electron chi connectivity index (χ1n) is 10.2. The lowest BCUT2D eigenvalue weighted by molar-refractivity contribution is 0.0981. The Morgan fingerprint density at radius 1 is 1.17 bits per heavy atom. The maximum absolute atomic E-state index is 11.8. The van der Waals surface area contributed by atoms with Gasteiger partial charge in [0.05, 0.1) is 24.3 Å². The average Bonchev–Trinajstić information content (AvgIpc) is 3.11. The van der Waals surface area contributed by atoms with Crippen LogP contribution in [0.4, 0.5) is 17.5 Å². The standard InChI is InChI=1S/C19H28ClN7O2S/c1-26-13-15(11-22-26)24-18-21-12-16(20)17(25-18)23-14-3-5-19(6-4-14)7-9-27(10-8-19)30(2,28)29/h11-14H,3-10H2,1-2H3,(H2,21,23,24,25). The van der Waals surface area contributed by atoms with E-state index in [2.05, 4.69) is 25.7 Å². The van der Waals surface area contributed by atoms with E-state index in [4.69, 9.17) is 11.6 Å². The molecule has 2 aromatic heterocycles. The summed E-state index contributed by atoms with van der Waals surface area (Å²) in [7, 11) is -1.23. The van der Waals surface area contributed by atoms with E-state index in [1.54, 1.807) is 21.4 Å². The predicted molar refractivity (Wildman–Crippen MR) is 117 cm³/mol. The van der Waals surface area contributed by atoms with Crippen LogP contribution in [0, 0.1) is 5.41 Å². The van der Waals surface area contributed by atoms with Gasteiger partial charge in [0, 0.05) is 32.4 Å². The normalized spacial score (nSPS) is 20.4. The number of hydrogen-bond acceptors (Lipinski definition) is 7. The Hall–Kier alpha value is -1.91. The number of nitrogens with zero attached hydrogens (tertiary/aromatic N) is 5. The molecule has 0 bridgehead atoms. The van der Waals surface area contributed by atoms with E-state index in [9.17, 15) is 8.42 Å². The van der Waals surface area contributed by atoms with E-state index in [1.165, 1.54) is 6.26 Å². The van der Waals surface area contributed by atoms with E-state index in [0.717, 1.165) is 44.2 Å². The maximum Gasteiger partial charge on any atom is 0.229 e. The van der Waals surface area contributed by atoms with Gasteiger partial charge < -0.3 is 10.6 Å². The fourth-order valence-electron chi connectivity index (χ4n) is 4.50. The molecule has 1 saturated heterocycles. The number of aryl methyl sites for hydroxylation is 1. The third kappa shape index (κ3) is 4.87. The second-order valence-electron chi connectivity index (χ2n) is 8.50. The Balaban J connectivity index is 1.34. The van der Waals surface area contributed by atoms with Gasteiger partial charge in [0.1, 0.15) is 5.02 Å². The van der Waals surface area contributed by atoms with Gasteiger partial charge in [-0.25, -0.2) is 17.7 Å². The first kappa shape index (κ1) is 21.3. The second-order valence-corrected chi connectivity index (χ2v) is 10.9. The lowest BCUT2D eigenvalue weighted by Gasteiger charge is -2.45. The number of hydrogen-bond donors (Lipinski definition) is 2. The number of anilines is 3. The fraction of sp³-hybridized carbons (Fsp3) is 0.632. The third-order valence-corrected chi connectivity index (χ3v) is 7.92. The minimum Gasteiger partial charge on any atom is -0.366 e. The van der Waals surface area contributed by atoms with Crippen LogP contribution in [0.25, 0.3) is 0 Å². The van der Waals surface area contributed by atoms with Crippen molar-refractivity contribution in [3.05, 3.63) is 23.6 Å². The first-order valence-corrected chi connectivity index (χ1v) is 12.4. The number of halogens is 1. The summed E-state index contributed by atoms with van der Waals surface area (Å²) in [5.74, 6) is 1.10. The largest absolute Gasteiger partial charge is 0.366 e. The molecule has 1 aliphatic heterocycles. The Labute approximate surface area is 182 Å². The minimum atomic E-state index is -3.08. The Kier molecular flexibility index (Phi) is 5.91. The SMILES string of the molecule is Cn1cc(Nc2ncc(Cl)c(NC3CCC4(CC3)CCN(S(C)(=O)=O)CC4)n2)cn1. The van der Waals surface area contributed by atoms with Gasteiger partial charge in [0.15, 0.2) is 5.82 Å². The molecule has 4 rings (SSSR count). The topological polar surface area (TPSA) is 105 Å². The average molecular weight is 454 g/mol. The van der Waals surface area contributed by atoms with Crippen molar-refractivity contribution < 1.29 is 8.42 Å². The van der Waals surface area contributed by atoms with Crippen molar-refractivity contribution in [1.82, 2.24) is 24.1 Å². The lowest BCUT2D eigenvalue weighted by Crippen LogP contribution is -2.45. The molecular formula is C19H28ClN7O2S. The van der Waals surface area contributed by atoms with E-state index >= 15 is 0 Å². The molecule has 2 N–H and O–H groups in total. The summed E-state index contributed by atoms with van der Waals surface area (Å²) >= 11 is 6.33. The van der Waals surface area contributed by atoms with Gasteiger partial charge in [-0.3, -0.25) is 4.68 Å². The van der Waals surface area contributed by atoms with E-state index in [1.807, 2.05) is 13.2 Å². The van der Waals surface area contributed by atoms with E-state index in [0.29, 0.717) is 35.9 Å². The highest BCUT2D eigenvalue weighted by Gasteiger charge is 2.39. The van der Waals surface area contributed by atoms with Crippen LogP contribution in [0.1, 0.15) is 38.5 Å². The minimum absolute atomic E-state index is 0.266. The Bertz CT molecular complexity index is 992. The van der Waals surface area contributed by atoms with Gasteiger partial charge in [0.2, 0.25) is 16.0 Å². The van der Waals surface area contributed by atoms with Crippen molar-refractivity contribution in [2.75, 3.05) is 30.0 Å². The summed E-state index contributed by atoms with van der Waals surface area (Å²) in [6.07, 6.45) is 12.6. The quantitative estimate of drug-likeness (QED) is 0.716. The van der Waals surface area contributed by atoms with Gasteiger partial charge in [-0.2, -0.15) is 10.1 Å². The maximum atomic E-state index is 11.8. The summed E-state index contributed by atoms with van der Waals surface area (Å²) < 4.78 is 26.9. The predicted octanol–water partition coefficient (Wildman–Crippen LogP) is 3.00. The molecule has 3 heterocycles. The van der Waals surface area contributed by atoms with Crippen LogP contribution >= 0.6 is 11.6 Å². The van der Waals surface area contributed by atoms with Crippen molar-refractivity contribution >= 4 is 39.1 Å². The number of sulfonamides is 1. The summed E-state index contributed by atoms with van der Waals surface area (Å²) in [5, 5.41) is 11.2. The van der Waals surface area contributed by atoms with Crippen LogP contribution < -0.4 is 10.6 Å². The Morgan fingerprint density at radius 2 is 1.87 bits per heavy atom. The van der Waals surface area contributed by atoms with Gasteiger partial charge in [-0.15, -0.1) is 0 Å².